The molecule has 1 aliphatic heterocycles. The fraction of sp³-hybridized carbons (Fsp3) is 0.500. The highest BCUT2D eigenvalue weighted by molar-refractivity contribution is 9.11. The molecule has 1 N–H and O–H groups in total. The van der Waals surface area contributed by atoms with Gasteiger partial charge in [0.1, 0.15) is 6.04 Å². The van der Waals surface area contributed by atoms with E-state index < -0.39 is 12.0 Å². The molecule has 2 rings (SSSR count). The lowest BCUT2D eigenvalue weighted by Gasteiger charge is -2.24. The van der Waals surface area contributed by atoms with Crippen molar-refractivity contribution in [1.82, 2.24) is 4.90 Å². The van der Waals surface area contributed by atoms with E-state index in [9.17, 15) is 9.59 Å². The average molecular weight is 332 g/mol. The standard InChI is InChI=1S/C12H14BrNO3S/c1-7(9-4-5-10(13)18-9)11(15)14-6-2-3-8(14)12(16)17/h4-5,7-8H,2-3,6H2,1H3,(H,16,17)/t7?,8-/m1/s1. The van der Waals surface area contributed by atoms with Crippen LogP contribution in [0.2, 0.25) is 0 Å². The topological polar surface area (TPSA) is 57.6 Å². The van der Waals surface area contributed by atoms with Gasteiger partial charge in [0.15, 0.2) is 0 Å². The summed E-state index contributed by atoms with van der Waals surface area (Å²) in [6.07, 6.45) is 1.32. The molecule has 1 fully saturated rings. The summed E-state index contributed by atoms with van der Waals surface area (Å²) in [5.74, 6) is -1.27. The van der Waals surface area contributed by atoms with Crippen molar-refractivity contribution in [1.29, 1.82) is 0 Å². The van der Waals surface area contributed by atoms with Gasteiger partial charge in [0.2, 0.25) is 5.91 Å². The first kappa shape index (κ1) is 13.5. The predicted octanol–water partition coefficient (Wildman–Crippen LogP) is 2.69. The zero-order chi connectivity index (χ0) is 13.3. The number of carboxylic acids is 1. The average Bonchev–Trinajstić information content (AvgIpc) is 2.95. The fourth-order valence-corrected chi connectivity index (χ4v) is 3.69. The van der Waals surface area contributed by atoms with Crippen molar-refractivity contribution in [2.24, 2.45) is 0 Å². The van der Waals surface area contributed by atoms with Crippen molar-refractivity contribution < 1.29 is 14.7 Å². The van der Waals surface area contributed by atoms with Crippen molar-refractivity contribution in [2.45, 2.75) is 31.7 Å². The lowest BCUT2D eigenvalue weighted by Crippen LogP contribution is -2.42. The summed E-state index contributed by atoms with van der Waals surface area (Å²) in [5.41, 5.74) is 0. The zero-order valence-corrected chi connectivity index (χ0v) is 12.3. The molecule has 1 amide bonds. The Morgan fingerprint density at radius 2 is 2.28 bits per heavy atom. The van der Waals surface area contributed by atoms with E-state index in [2.05, 4.69) is 15.9 Å². The van der Waals surface area contributed by atoms with Crippen LogP contribution in [0.15, 0.2) is 15.9 Å². The molecule has 0 saturated carbocycles. The fourth-order valence-electron chi connectivity index (χ4n) is 2.22. The first-order chi connectivity index (χ1) is 8.50. The van der Waals surface area contributed by atoms with Crippen LogP contribution in [0, 0.1) is 0 Å². The number of carbonyl (C=O) groups excluding carboxylic acids is 1. The van der Waals surface area contributed by atoms with Gasteiger partial charge in [-0.05, 0) is 47.8 Å². The molecule has 0 spiro atoms. The number of likely N-dealkylation sites (tertiary alicyclic amines) is 1. The lowest BCUT2D eigenvalue weighted by molar-refractivity contribution is -0.148. The van der Waals surface area contributed by atoms with Crippen LogP contribution in [-0.2, 0) is 9.59 Å². The van der Waals surface area contributed by atoms with Gasteiger partial charge in [-0.1, -0.05) is 0 Å². The Bertz CT molecular complexity index is 474. The van der Waals surface area contributed by atoms with Crippen LogP contribution in [0.3, 0.4) is 0 Å². The van der Waals surface area contributed by atoms with Crippen LogP contribution in [-0.4, -0.2) is 34.5 Å². The third kappa shape index (κ3) is 2.59. The smallest absolute Gasteiger partial charge is 0.326 e. The highest BCUT2D eigenvalue weighted by Crippen LogP contribution is 2.31. The first-order valence-electron chi connectivity index (χ1n) is 5.79. The van der Waals surface area contributed by atoms with Gasteiger partial charge < -0.3 is 10.0 Å². The molecular formula is C12H14BrNO3S. The molecule has 1 aromatic heterocycles. The largest absolute Gasteiger partial charge is 0.480 e. The van der Waals surface area contributed by atoms with Gasteiger partial charge in [-0.2, -0.15) is 0 Å². The van der Waals surface area contributed by atoms with Gasteiger partial charge in [0, 0.05) is 11.4 Å². The number of hydrogen-bond donors (Lipinski definition) is 1. The Hall–Kier alpha value is -0.880. The van der Waals surface area contributed by atoms with Crippen LogP contribution in [0.1, 0.15) is 30.6 Å². The van der Waals surface area contributed by atoms with Gasteiger partial charge in [0.25, 0.3) is 0 Å². The van der Waals surface area contributed by atoms with E-state index in [1.807, 2.05) is 19.1 Å². The van der Waals surface area contributed by atoms with Gasteiger partial charge in [-0.25, -0.2) is 4.79 Å². The van der Waals surface area contributed by atoms with Crippen LogP contribution in [0.4, 0.5) is 0 Å². The highest BCUT2D eigenvalue weighted by Gasteiger charge is 2.36. The molecule has 4 nitrogen and oxygen atoms in total. The maximum atomic E-state index is 12.3. The minimum absolute atomic E-state index is 0.0887. The minimum Gasteiger partial charge on any atom is -0.480 e. The van der Waals surface area contributed by atoms with E-state index in [0.29, 0.717) is 13.0 Å². The summed E-state index contributed by atoms with van der Waals surface area (Å²) in [7, 11) is 0. The second-order valence-electron chi connectivity index (χ2n) is 4.39. The summed E-state index contributed by atoms with van der Waals surface area (Å²) >= 11 is 4.88. The molecule has 6 heteroatoms. The molecule has 1 unspecified atom stereocenters. The SMILES string of the molecule is CC(C(=O)N1CCC[C@@H]1C(=O)O)c1ccc(Br)s1. The van der Waals surface area contributed by atoms with Crippen molar-refractivity contribution >= 4 is 39.1 Å². The molecular weight excluding hydrogens is 318 g/mol. The molecule has 1 aliphatic rings. The molecule has 0 aromatic carbocycles. The number of thiophene rings is 1. The van der Waals surface area contributed by atoms with Gasteiger partial charge in [-0.3, -0.25) is 4.79 Å². The van der Waals surface area contributed by atoms with E-state index in [-0.39, 0.29) is 11.8 Å². The summed E-state index contributed by atoms with van der Waals surface area (Å²) in [6, 6.07) is 3.16. The number of carboxylic acid groups (broad SMARTS) is 1. The quantitative estimate of drug-likeness (QED) is 0.926. The Morgan fingerprint density at radius 1 is 1.56 bits per heavy atom. The van der Waals surface area contributed by atoms with E-state index in [1.54, 1.807) is 0 Å². The monoisotopic (exact) mass is 331 g/mol. The molecule has 0 bridgehead atoms. The Balaban J connectivity index is 2.13. The van der Waals surface area contributed by atoms with Crippen molar-refractivity contribution in [3.8, 4) is 0 Å². The van der Waals surface area contributed by atoms with E-state index in [0.717, 1.165) is 15.1 Å². The van der Waals surface area contributed by atoms with Crippen LogP contribution in [0.25, 0.3) is 0 Å². The zero-order valence-electron chi connectivity index (χ0n) is 9.93. The minimum atomic E-state index is -0.902. The number of carbonyl (C=O) groups is 2. The molecule has 0 aliphatic carbocycles. The lowest BCUT2D eigenvalue weighted by atomic mass is 10.1. The molecule has 98 valence electrons. The molecule has 18 heavy (non-hydrogen) atoms. The van der Waals surface area contributed by atoms with Crippen molar-refractivity contribution in [3.63, 3.8) is 0 Å². The third-order valence-corrected chi connectivity index (χ3v) is 5.02. The maximum absolute atomic E-state index is 12.3. The van der Waals surface area contributed by atoms with Gasteiger partial charge in [-0.15, -0.1) is 11.3 Å². The van der Waals surface area contributed by atoms with Crippen LogP contribution in [0.5, 0.6) is 0 Å². The molecule has 2 atom stereocenters. The van der Waals surface area contributed by atoms with Crippen LogP contribution < -0.4 is 0 Å². The van der Waals surface area contributed by atoms with Crippen LogP contribution >= 0.6 is 27.3 Å². The predicted molar refractivity (Wildman–Crippen MR) is 72.8 cm³/mol. The Kier molecular flexibility index (Phi) is 4.07. The van der Waals surface area contributed by atoms with E-state index in [4.69, 9.17) is 5.11 Å². The Labute approximate surface area is 118 Å². The molecule has 1 aromatic rings. The second kappa shape index (κ2) is 5.40. The number of nitrogens with zero attached hydrogens (tertiary/aromatic N) is 1. The molecule has 2 heterocycles. The molecule has 1 saturated heterocycles. The Morgan fingerprint density at radius 3 is 2.83 bits per heavy atom. The third-order valence-electron chi connectivity index (χ3n) is 3.21. The van der Waals surface area contributed by atoms with Crippen molar-refractivity contribution in [3.05, 3.63) is 20.8 Å². The number of amides is 1. The van der Waals surface area contributed by atoms with E-state index >= 15 is 0 Å². The number of aliphatic carboxylic acids is 1. The summed E-state index contributed by atoms with van der Waals surface area (Å²) in [5, 5.41) is 9.09. The summed E-state index contributed by atoms with van der Waals surface area (Å²) in [6.45, 7) is 2.38. The van der Waals surface area contributed by atoms with Crippen molar-refractivity contribution in [2.75, 3.05) is 6.54 Å². The summed E-state index contributed by atoms with van der Waals surface area (Å²) in [4.78, 5) is 25.9. The number of hydrogen-bond acceptors (Lipinski definition) is 3. The first-order valence-corrected chi connectivity index (χ1v) is 7.40. The van der Waals surface area contributed by atoms with Gasteiger partial charge >= 0.3 is 5.97 Å². The normalized spacial score (nSPS) is 21.0. The van der Waals surface area contributed by atoms with E-state index in [1.165, 1.54) is 16.2 Å². The highest BCUT2D eigenvalue weighted by atomic mass is 79.9. The number of halogens is 1. The molecule has 0 radical (unpaired) electrons. The maximum Gasteiger partial charge on any atom is 0.326 e. The van der Waals surface area contributed by atoms with Gasteiger partial charge in [0.05, 0.1) is 9.70 Å². The summed E-state index contributed by atoms with van der Waals surface area (Å²) < 4.78 is 0.980. The number of rotatable bonds is 3. The second-order valence-corrected chi connectivity index (χ2v) is 6.89.